The number of carboxylic acid groups (broad SMARTS) is 2. The molecule has 4 atom stereocenters. The Morgan fingerprint density at radius 3 is 1.96 bits per heavy atom. The normalized spacial score (nSPS) is 25.5. The molecule has 1 aliphatic carbocycles. The van der Waals surface area contributed by atoms with Gasteiger partial charge in [-0.05, 0) is 18.6 Å². The molecular weight excluding hydrogens is 348 g/mol. The van der Waals surface area contributed by atoms with Crippen LogP contribution in [0.25, 0.3) is 0 Å². The van der Waals surface area contributed by atoms with E-state index in [0.717, 1.165) is 11.1 Å². The molecule has 4 rings (SSSR count). The Hall–Kier alpha value is -2.90. The van der Waals surface area contributed by atoms with Gasteiger partial charge in [-0.2, -0.15) is 0 Å². The third-order valence-corrected chi connectivity index (χ3v) is 5.70. The van der Waals surface area contributed by atoms with Crippen LogP contribution in [0.15, 0.2) is 48.5 Å². The summed E-state index contributed by atoms with van der Waals surface area (Å²) in [6.45, 7) is 0. The lowest BCUT2D eigenvalue weighted by Crippen LogP contribution is -2.53. The summed E-state index contributed by atoms with van der Waals surface area (Å²) in [5.74, 6) is -3.18. The molecule has 2 aliphatic rings. The molecule has 1 fully saturated rings. The molecule has 6 N–H and O–H groups in total. The zero-order valence-corrected chi connectivity index (χ0v) is 14.4. The number of fused-ring (bicyclic) bond motifs is 2. The number of carboxylic acids is 2. The number of hydrogen-bond acceptors (Lipinski definition) is 5. The van der Waals surface area contributed by atoms with Crippen molar-refractivity contribution in [1.82, 2.24) is 0 Å². The van der Waals surface area contributed by atoms with E-state index in [1.54, 1.807) is 0 Å². The van der Waals surface area contributed by atoms with Crippen molar-refractivity contribution in [2.75, 3.05) is 0 Å². The van der Waals surface area contributed by atoms with E-state index in [0.29, 0.717) is 11.5 Å². The Bertz CT molecular complexity index is 885. The molecular formula is C20H20N2O5. The number of aliphatic carboxylic acids is 2. The highest BCUT2D eigenvalue weighted by Crippen LogP contribution is 2.52. The number of rotatable bonds is 5. The van der Waals surface area contributed by atoms with Crippen LogP contribution in [0.2, 0.25) is 0 Å². The molecule has 3 unspecified atom stereocenters. The fourth-order valence-corrected chi connectivity index (χ4v) is 4.25. The molecule has 0 radical (unpaired) electrons. The first-order chi connectivity index (χ1) is 12.8. The lowest BCUT2D eigenvalue weighted by molar-refractivity contribution is -0.145. The summed E-state index contributed by atoms with van der Waals surface area (Å²) in [5.41, 5.74) is 12.1. The largest absolute Gasteiger partial charge is 0.481 e. The number of carbonyl (C=O) groups is 2. The SMILES string of the molecule is NC1C(C(N)(CC2c3ccccc3Oc3ccccc32)C(=O)O)[C@H]1C(=O)O. The number of para-hydroxylation sites is 2. The van der Waals surface area contributed by atoms with Gasteiger partial charge in [0.1, 0.15) is 17.0 Å². The molecule has 140 valence electrons. The van der Waals surface area contributed by atoms with E-state index >= 15 is 0 Å². The van der Waals surface area contributed by atoms with E-state index in [1.165, 1.54) is 0 Å². The summed E-state index contributed by atoms with van der Waals surface area (Å²) in [6.07, 6.45) is 0.0296. The standard InChI is InChI=1S/C20H20N2O5/c21-17-15(18(23)24)16(17)20(22,19(25)26)9-12-10-5-1-3-7-13(10)27-14-8-4-2-6-11(12)14/h1-8,12,15-17H,9,21-22H2,(H,23,24)(H,25,26)/t15-,16?,17?,20?/m1/s1. The summed E-state index contributed by atoms with van der Waals surface area (Å²) in [5, 5.41) is 19.2. The Morgan fingerprint density at radius 2 is 1.52 bits per heavy atom. The first-order valence-corrected chi connectivity index (χ1v) is 8.71. The van der Waals surface area contributed by atoms with Gasteiger partial charge in [-0.25, -0.2) is 0 Å². The van der Waals surface area contributed by atoms with Gasteiger partial charge in [-0.15, -0.1) is 0 Å². The smallest absolute Gasteiger partial charge is 0.324 e. The zero-order chi connectivity index (χ0) is 19.3. The molecule has 1 aliphatic heterocycles. The lowest BCUT2D eigenvalue weighted by atomic mass is 9.76. The maximum Gasteiger partial charge on any atom is 0.324 e. The highest BCUT2D eigenvalue weighted by molar-refractivity contribution is 5.85. The molecule has 7 nitrogen and oxygen atoms in total. The van der Waals surface area contributed by atoms with Crippen LogP contribution < -0.4 is 16.2 Å². The Kier molecular flexibility index (Phi) is 3.94. The van der Waals surface area contributed by atoms with Gasteiger partial charge < -0.3 is 26.4 Å². The summed E-state index contributed by atoms with van der Waals surface area (Å²) < 4.78 is 5.93. The highest BCUT2D eigenvalue weighted by Gasteiger charge is 2.65. The van der Waals surface area contributed by atoms with Crippen LogP contribution in [0, 0.1) is 11.8 Å². The minimum Gasteiger partial charge on any atom is -0.481 e. The van der Waals surface area contributed by atoms with E-state index in [-0.39, 0.29) is 12.3 Å². The van der Waals surface area contributed by atoms with E-state index in [2.05, 4.69) is 0 Å². The van der Waals surface area contributed by atoms with Crippen LogP contribution in [0.4, 0.5) is 0 Å². The van der Waals surface area contributed by atoms with Crippen LogP contribution >= 0.6 is 0 Å². The zero-order valence-electron chi connectivity index (χ0n) is 14.4. The predicted molar refractivity (Wildman–Crippen MR) is 96.6 cm³/mol. The highest BCUT2D eigenvalue weighted by atomic mass is 16.5. The van der Waals surface area contributed by atoms with Crippen molar-refractivity contribution in [3.63, 3.8) is 0 Å². The van der Waals surface area contributed by atoms with Gasteiger partial charge in [-0.3, -0.25) is 9.59 Å². The molecule has 0 aromatic heterocycles. The average molecular weight is 368 g/mol. The van der Waals surface area contributed by atoms with Gasteiger partial charge in [-0.1, -0.05) is 36.4 Å². The maximum absolute atomic E-state index is 12.1. The molecule has 0 saturated heterocycles. The third kappa shape index (κ3) is 2.67. The minimum absolute atomic E-state index is 0.0296. The molecule has 0 amide bonds. The Balaban J connectivity index is 1.77. The van der Waals surface area contributed by atoms with Gasteiger partial charge in [0.15, 0.2) is 0 Å². The Morgan fingerprint density at radius 1 is 1.00 bits per heavy atom. The quantitative estimate of drug-likeness (QED) is 0.631. The second-order valence-electron chi connectivity index (χ2n) is 7.25. The molecule has 1 heterocycles. The maximum atomic E-state index is 12.1. The first kappa shape index (κ1) is 17.5. The monoisotopic (exact) mass is 368 g/mol. The van der Waals surface area contributed by atoms with Crippen molar-refractivity contribution in [2.45, 2.75) is 23.9 Å². The van der Waals surface area contributed by atoms with Crippen molar-refractivity contribution in [3.8, 4) is 11.5 Å². The lowest BCUT2D eigenvalue weighted by Gasteiger charge is -2.34. The van der Waals surface area contributed by atoms with Gasteiger partial charge in [0, 0.05) is 29.0 Å². The molecule has 1 saturated carbocycles. The van der Waals surface area contributed by atoms with Crippen molar-refractivity contribution in [3.05, 3.63) is 59.7 Å². The van der Waals surface area contributed by atoms with E-state index in [4.69, 9.17) is 16.2 Å². The fourth-order valence-electron chi connectivity index (χ4n) is 4.25. The average Bonchev–Trinajstić information content (AvgIpc) is 3.33. The van der Waals surface area contributed by atoms with Gasteiger partial charge >= 0.3 is 11.9 Å². The van der Waals surface area contributed by atoms with Crippen molar-refractivity contribution in [2.24, 2.45) is 23.3 Å². The number of ether oxygens (including phenoxy) is 1. The van der Waals surface area contributed by atoms with Gasteiger partial charge in [0.25, 0.3) is 0 Å². The molecule has 0 bridgehead atoms. The van der Waals surface area contributed by atoms with Crippen molar-refractivity contribution in [1.29, 1.82) is 0 Å². The molecule has 0 spiro atoms. The summed E-state index contributed by atoms with van der Waals surface area (Å²) in [4.78, 5) is 23.5. The summed E-state index contributed by atoms with van der Waals surface area (Å²) >= 11 is 0. The van der Waals surface area contributed by atoms with Crippen LogP contribution in [0.3, 0.4) is 0 Å². The molecule has 7 heteroatoms. The van der Waals surface area contributed by atoms with Crippen molar-refractivity contribution >= 4 is 11.9 Å². The summed E-state index contributed by atoms with van der Waals surface area (Å²) in [7, 11) is 0. The van der Waals surface area contributed by atoms with Crippen LogP contribution in [-0.2, 0) is 9.59 Å². The van der Waals surface area contributed by atoms with Crippen LogP contribution in [0.5, 0.6) is 11.5 Å². The van der Waals surface area contributed by atoms with Crippen LogP contribution in [0.1, 0.15) is 23.5 Å². The van der Waals surface area contributed by atoms with E-state index in [1.807, 2.05) is 48.5 Å². The molecule has 27 heavy (non-hydrogen) atoms. The number of hydrogen-bond donors (Lipinski definition) is 4. The topological polar surface area (TPSA) is 136 Å². The van der Waals surface area contributed by atoms with E-state index in [9.17, 15) is 19.8 Å². The number of nitrogens with two attached hydrogens (primary N) is 2. The predicted octanol–water partition coefficient (Wildman–Crippen LogP) is 1.75. The number of benzene rings is 2. The first-order valence-electron chi connectivity index (χ1n) is 8.71. The van der Waals surface area contributed by atoms with Crippen molar-refractivity contribution < 1.29 is 24.5 Å². The van der Waals surface area contributed by atoms with Gasteiger partial charge in [0.05, 0.1) is 5.92 Å². The summed E-state index contributed by atoms with van der Waals surface area (Å²) in [6, 6.07) is 14.0. The van der Waals surface area contributed by atoms with Crippen LogP contribution in [-0.4, -0.2) is 33.7 Å². The molecule has 2 aromatic carbocycles. The Labute approximate surface area is 155 Å². The second-order valence-corrected chi connectivity index (χ2v) is 7.25. The second kappa shape index (κ2) is 6.07. The van der Waals surface area contributed by atoms with Gasteiger partial charge in [0.2, 0.25) is 0 Å². The molecule has 2 aromatic rings. The fraction of sp³-hybridized carbons (Fsp3) is 0.300. The van der Waals surface area contributed by atoms with E-state index < -0.39 is 35.4 Å². The third-order valence-electron chi connectivity index (χ3n) is 5.70. The minimum atomic E-state index is -1.76.